The van der Waals surface area contributed by atoms with Crippen LogP contribution in [0, 0.1) is 12.8 Å². The van der Waals surface area contributed by atoms with Gasteiger partial charge in [0.25, 0.3) is 0 Å². The maximum absolute atomic E-state index is 6.24. The third-order valence-electron chi connectivity index (χ3n) is 3.37. The molecule has 3 heteroatoms. The van der Waals surface area contributed by atoms with Gasteiger partial charge in [-0.2, -0.15) is 0 Å². The molecule has 0 amide bonds. The number of halogens is 1. The fraction of sp³-hybridized carbons (Fsp3) is 0.500. The molecular weight excluding hydrogens is 258 g/mol. The van der Waals surface area contributed by atoms with Gasteiger partial charge < -0.3 is 9.73 Å². The lowest BCUT2D eigenvalue weighted by Gasteiger charge is -2.06. The summed E-state index contributed by atoms with van der Waals surface area (Å²) >= 11 is 6.24. The lowest BCUT2D eigenvalue weighted by Crippen LogP contribution is -2.19. The largest absolute Gasteiger partial charge is 0.458 e. The summed E-state index contributed by atoms with van der Waals surface area (Å²) in [6.45, 7) is 10.4. The molecule has 0 unspecified atom stereocenters. The molecule has 0 atom stereocenters. The van der Waals surface area contributed by atoms with Crippen molar-refractivity contribution in [1.29, 1.82) is 0 Å². The second kappa shape index (κ2) is 5.98. The van der Waals surface area contributed by atoms with E-state index in [0.717, 1.165) is 30.9 Å². The van der Waals surface area contributed by atoms with Crippen LogP contribution in [0.15, 0.2) is 16.5 Å². The summed E-state index contributed by atoms with van der Waals surface area (Å²) in [5, 5.41) is 5.33. The van der Waals surface area contributed by atoms with Gasteiger partial charge in [0.1, 0.15) is 5.76 Å². The Bertz CT molecular complexity index is 572. The van der Waals surface area contributed by atoms with E-state index >= 15 is 0 Å². The van der Waals surface area contributed by atoms with Crippen LogP contribution in [0.1, 0.15) is 37.7 Å². The van der Waals surface area contributed by atoms with Gasteiger partial charge >= 0.3 is 0 Å². The van der Waals surface area contributed by atoms with E-state index in [4.69, 9.17) is 16.0 Å². The summed E-state index contributed by atoms with van der Waals surface area (Å²) in [6, 6.07) is 3.97. The fourth-order valence-corrected chi connectivity index (χ4v) is 2.64. The first-order valence-corrected chi connectivity index (χ1v) is 7.32. The van der Waals surface area contributed by atoms with Crippen molar-refractivity contribution in [3.05, 3.63) is 34.0 Å². The second-order valence-electron chi connectivity index (χ2n) is 5.45. The normalized spacial score (nSPS) is 11.7. The first-order chi connectivity index (χ1) is 9.04. The van der Waals surface area contributed by atoms with Crippen molar-refractivity contribution < 1.29 is 4.42 Å². The van der Waals surface area contributed by atoms with Gasteiger partial charge in [0.15, 0.2) is 5.58 Å². The molecule has 0 radical (unpaired) electrons. The Morgan fingerprint density at radius 1 is 1.32 bits per heavy atom. The summed E-state index contributed by atoms with van der Waals surface area (Å²) in [6.07, 6.45) is 0.965. The molecule has 0 saturated carbocycles. The number of rotatable bonds is 5. The monoisotopic (exact) mass is 279 g/mol. The van der Waals surface area contributed by atoms with Gasteiger partial charge in [0.2, 0.25) is 0 Å². The first-order valence-electron chi connectivity index (χ1n) is 6.94. The molecule has 1 heterocycles. The summed E-state index contributed by atoms with van der Waals surface area (Å²) in [5.74, 6) is 1.66. The average molecular weight is 280 g/mol. The van der Waals surface area contributed by atoms with Crippen molar-refractivity contribution in [2.24, 2.45) is 5.92 Å². The van der Waals surface area contributed by atoms with E-state index in [1.807, 2.05) is 6.07 Å². The highest BCUT2D eigenvalue weighted by atomic mass is 35.5. The standard InChI is InChI=1S/C16H22ClNO/c1-5-12-14(9-18-8-10(2)3)19-16-13(17)7-6-11(4)15(12)16/h6-7,10,18H,5,8-9H2,1-4H3. The predicted octanol–water partition coefficient (Wildman–Crippen LogP) is 4.70. The van der Waals surface area contributed by atoms with Crippen molar-refractivity contribution >= 4 is 22.6 Å². The van der Waals surface area contributed by atoms with E-state index < -0.39 is 0 Å². The Labute approximate surface area is 120 Å². The third kappa shape index (κ3) is 2.96. The van der Waals surface area contributed by atoms with Crippen molar-refractivity contribution in [3.63, 3.8) is 0 Å². The van der Waals surface area contributed by atoms with Crippen LogP contribution in [0.5, 0.6) is 0 Å². The van der Waals surface area contributed by atoms with Crippen molar-refractivity contribution in [3.8, 4) is 0 Å². The summed E-state index contributed by atoms with van der Waals surface area (Å²) < 4.78 is 5.99. The quantitative estimate of drug-likeness (QED) is 0.858. The van der Waals surface area contributed by atoms with Crippen LogP contribution in [0.25, 0.3) is 11.0 Å². The van der Waals surface area contributed by atoms with Crippen LogP contribution < -0.4 is 5.32 Å². The molecule has 0 bridgehead atoms. The minimum absolute atomic E-state index is 0.639. The lowest BCUT2D eigenvalue weighted by molar-refractivity contribution is 0.481. The molecule has 1 aromatic heterocycles. The molecule has 0 aliphatic rings. The average Bonchev–Trinajstić information content (AvgIpc) is 2.73. The first kappa shape index (κ1) is 14.4. The Morgan fingerprint density at radius 2 is 2.05 bits per heavy atom. The number of hydrogen-bond donors (Lipinski definition) is 1. The van der Waals surface area contributed by atoms with Gasteiger partial charge in [0.05, 0.1) is 11.6 Å². The molecule has 19 heavy (non-hydrogen) atoms. The smallest absolute Gasteiger partial charge is 0.153 e. The molecule has 0 aliphatic heterocycles. The van der Waals surface area contributed by atoms with E-state index in [-0.39, 0.29) is 0 Å². The Morgan fingerprint density at radius 3 is 2.68 bits per heavy atom. The van der Waals surface area contributed by atoms with Crippen LogP contribution >= 0.6 is 11.6 Å². The number of hydrogen-bond acceptors (Lipinski definition) is 2. The van der Waals surface area contributed by atoms with Crippen molar-refractivity contribution in [2.45, 2.75) is 40.7 Å². The molecule has 1 N–H and O–H groups in total. The third-order valence-corrected chi connectivity index (χ3v) is 3.67. The zero-order valence-corrected chi connectivity index (χ0v) is 12.9. The Hall–Kier alpha value is -0.990. The summed E-state index contributed by atoms with van der Waals surface area (Å²) in [7, 11) is 0. The molecule has 2 nitrogen and oxygen atoms in total. The molecule has 1 aromatic carbocycles. The second-order valence-corrected chi connectivity index (χ2v) is 5.86. The van der Waals surface area contributed by atoms with Crippen LogP contribution in [0.4, 0.5) is 0 Å². The molecule has 2 aromatic rings. The SMILES string of the molecule is CCc1c(CNCC(C)C)oc2c(Cl)ccc(C)c12. The summed E-state index contributed by atoms with van der Waals surface area (Å²) in [5.41, 5.74) is 3.35. The van der Waals surface area contributed by atoms with E-state index in [9.17, 15) is 0 Å². The topological polar surface area (TPSA) is 25.2 Å². The molecule has 0 saturated heterocycles. The van der Waals surface area contributed by atoms with E-state index in [0.29, 0.717) is 10.9 Å². The number of furan rings is 1. The van der Waals surface area contributed by atoms with Crippen molar-refractivity contribution in [1.82, 2.24) is 5.32 Å². The lowest BCUT2D eigenvalue weighted by atomic mass is 10.0. The van der Waals surface area contributed by atoms with Gasteiger partial charge in [-0.15, -0.1) is 0 Å². The maximum Gasteiger partial charge on any atom is 0.153 e. The molecule has 0 spiro atoms. The minimum atomic E-state index is 0.639. The predicted molar refractivity (Wildman–Crippen MR) is 81.9 cm³/mol. The minimum Gasteiger partial charge on any atom is -0.458 e. The number of benzene rings is 1. The van der Waals surface area contributed by atoms with E-state index in [1.54, 1.807) is 0 Å². The number of fused-ring (bicyclic) bond motifs is 1. The highest BCUT2D eigenvalue weighted by Gasteiger charge is 2.16. The maximum atomic E-state index is 6.24. The highest BCUT2D eigenvalue weighted by Crippen LogP contribution is 2.34. The molecule has 0 aliphatic carbocycles. The highest BCUT2D eigenvalue weighted by molar-refractivity contribution is 6.35. The van der Waals surface area contributed by atoms with Crippen LogP contribution in [-0.4, -0.2) is 6.54 Å². The summed E-state index contributed by atoms with van der Waals surface area (Å²) in [4.78, 5) is 0. The molecule has 0 fully saturated rings. The van der Waals surface area contributed by atoms with Crippen LogP contribution in [0.3, 0.4) is 0 Å². The Balaban J connectivity index is 2.39. The Kier molecular flexibility index (Phi) is 4.54. The van der Waals surface area contributed by atoms with Crippen LogP contribution in [-0.2, 0) is 13.0 Å². The van der Waals surface area contributed by atoms with E-state index in [1.165, 1.54) is 16.5 Å². The van der Waals surface area contributed by atoms with Gasteiger partial charge in [-0.25, -0.2) is 0 Å². The van der Waals surface area contributed by atoms with Gasteiger partial charge in [-0.1, -0.05) is 38.4 Å². The van der Waals surface area contributed by atoms with Gasteiger partial charge in [0, 0.05) is 10.9 Å². The number of aryl methyl sites for hydroxylation is 2. The molecular formula is C16H22ClNO. The zero-order valence-electron chi connectivity index (χ0n) is 12.1. The molecule has 2 rings (SSSR count). The van der Waals surface area contributed by atoms with Crippen molar-refractivity contribution in [2.75, 3.05) is 6.54 Å². The van der Waals surface area contributed by atoms with Gasteiger partial charge in [-0.05, 0) is 37.4 Å². The van der Waals surface area contributed by atoms with E-state index in [2.05, 4.69) is 39.1 Å². The fourth-order valence-electron chi connectivity index (χ4n) is 2.45. The van der Waals surface area contributed by atoms with Gasteiger partial charge in [-0.3, -0.25) is 0 Å². The van der Waals surface area contributed by atoms with Crippen LogP contribution in [0.2, 0.25) is 5.02 Å². The zero-order chi connectivity index (χ0) is 14.0. The molecule has 104 valence electrons. The number of nitrogens with one attached hydrogen (secondary N) is 1.